The molecule has 4 heteroatoms. The van der Waals surface area contributed by atoms with Crippen molar-refractivity contribution >= 4 is 9.84 Å². The fourth-order valence-electron chi connectivity index (χ4n) is 2.94. The second kappa shape index (κ2) is 2.73. The smallest absolute Gasteiger partial charge is 0.150 e. The first-order valence-corrected chi connectivity index (χ1v) is 7.08. The van der Waals surface area contributed by atoms with Crippen LogP contribution in [0, 0.1) is 11.3 Å². The third kappa shape index (κ3) is 1.48. The number of nitrogens with two attached hydrogens (primary N) is 1. The average molecular weight is 217 g/mol. The van der Waals surface area contributed by atoms with E-state index < -0.39 is 9.84 Å². The Balaban J connectivity index is 2.19. The first-order valence-electron chi connectivity index (χ1n) is 5.26. The highest BCUT2D eigenvalue weighted by atomic mass is 32.2. The summed E-state index contributed by atoms with van der Waals surface area (Å²) in [7, 11) is -2.75. The van der Waals surface area contributed by atoms with Gasteiger partial charge in [0, 0.05) is 5.54 Å². The van der Waals surface area contributed by atoms with Gasteiger partial charge in [0.15, 0.2) is 9.84 Å². The maximum Gasteiger partial charge on any atom is 0.150 e. The standard InChI is InChI=1S/C10H19NO2S/c1-9(2,11)10(4-5-10)8-3-6-14(12,13)7-8/h8H,3-7,11H2,1-2H3. The number of hydrogen-bond donors (Lipinski definition) is 1. The molecule has 1 saturated carbocycles. The van der Waals surface area contributed by atoms with E-state index in [9.17, 15) is 8.42 Å². The lowest BCUT2D eigenvalue weighted by molar-refractivity contribution is 0.206. The molecule has 0 spiro atoms. The van der Waals surface area contributed by atoms with E-state index in [0.717, 1.165) is 19.3 Å². The zero-order chi connectivity index (χ0) is 10.6. The maximum atomic E-state index is 11.4. The third-order valence-electron chi connectivity index (χ3n) is 4.09. The van der Waals surface area contributed by atoms with Gasteiger partial charge in [0.25, 0.3) is 0 Å². The van der Waals surface area contributed by atoms with Crippen LogP contribution in [-0.2, 0) is 9.84 Å². The van der Waals surface area contributed by atoms with Crippen molar-refractivity contribution in [1.82, 2.24) is 0 Å². The molecule has 1 heterocycles. The Morgan fingerprint density at radius 2 is 1.93 bits per heavy atom. The molecule has 1 aliphatic carbocycles. The van der Waals surface area contributed by atoms with Gasteiger partial charge in [-0.1, -0.05) is 0 Å². The minimum atomic E-state index is -2.75. The first kappa shape index (κ1) is 10.4. The molecule has 1 saturated heterocycles. The third-order valence-corrected chi connectivity index (χ3v) is 5.85. The van der Waals surface area contributed by atoms with E-state index in [2.05, 4.69) is 0 Å². The largest absolute Gasteiger partial charge is 0.325 e. The zero-order valence-corrected chi connectivity index (χ0v) is 9.73. The van der Waals surface area contributed by atoms with Crippen LogP contribution in [0.5, 0.6) is 0 Å². The van der Waals surface area contributed by atoms with Crippen molar-refractivity contribution in [3.63, 3.8) is 0 Å². The molecule has 14 heavy (non-hydrogen) atoms. The Bertz CT molecular complexity index is 336. The first-order chi connectivity index (χ1) is 6.27. The van der Waals surface area contributed by atoms with Gasteiger partial charge < -0.3 is 5.73 Å². The van der Waals surface area contributed by atoms with Crippen LogP contribution in [0.1, 0.15) is 33.1 Å². The van der Waals surface area contributed by atoms with Crippen molar-refractivity contribution in [3.05, 3.63) is 0 Å². The molecular formula is C10H19NO2S. The Morgan fingerprint density at radius 3 is 2.21 bits per heavy atom. The summed E-state index contributed by atoms with van der Waals surface area (Å²) < 4.78 is 22.8. The fraction of sp³-hybridized carbons (Fsp3) is 1.00. The molecule has 3 nitrogen and oxygen atoms in total. The molecule has 2 aliphatic rings. The van der Waals surface area contributed by atoms with Gasteiger partial charge in [0.05, 0.1) is 11.5 Å². The van der Waals surface area contributed by atoms with Crippen molar-refractivity contribution in [2.75, 3.05) is 11.5 Å². The minimum absolute atomic E-state index is 0.122. The molecule has 0 aromatic rings. The van der Waals surface area contributed by atoms with E-state index in [4.69, 9.17) is 5.73 Å². The molecule has 2 N–H and O–H groups in total. The van der Waals surface area contributed by atoms with Crippen molar-refractivity contribution < 1.29 is 8.42 Å². The number of hydrogen-bond acceptors (Lipinski definition) is 3. The van der Waals surface area contributed by atoms with Gasteiger partial charge in [-0.05, 0) is 44.4 Å². The Labute approximate surface area is 86.0 Å². The van der Waals surface area contributed by atoms with Crippen LogP contribution in [-0.4, -0.2) is 25.5 Å². The van der Waals surface area contributed by atoms with Crippen LogP contribution in [0.4, 0.5) is 0 Å². The molecule has 0 aromatic carbocycles. The minimum Gasteiger partial charge on any atom is -0.325 e. The topological polar surface area (TPSA) is 60.2 Å². The lowest BCUT2D eigenvalue weighted by atomic mass is 9.75. The molecule has 1 unspecified atom stereocenters. The highest BCUT2D eigenvalue weighted by molar-refractivity contribution is 7.91. The summed E-state index contributed by atoms with van der Waals surface area (Å²) in [6.07, 6.45) is 3.04. The summed E-state index contributed by atoms with van der Waals surface area (Å²) in [6.45, 7) is 4.07. The second-order valence-corrected chi connectivity index (χ2v) is 7.71. The molecule has 82 valence electrons. The van der Waals surface area contributed by atoms with Gasteiger partial charge in [-0.25, -0.2) is 8.42 Å². The predicted molar refractivity (Wildman–Crippen MR) is 56.7 cm³/mol. The number of rotatable bonds is 2. The van der Waals surface area contributed by atoms with Gasteiger partial charge in [0.1, 0.15) is 0 Å². The summed E-state index contributed by atoms with van der Waals surface area (Å²) >= 11 is 0. The summed E-state index contributed by atoms with van der Waals surface area (Å²) in [6, 6.07) is 0. The van der Waals surface area contributed by atoms with E-state index in [-0.39, 0.29) is 11.0 Å². The van der Waals surface area contributed by atoms with E-state index in [1.807, 2.05) is 13.8 Å². The summed E-state index contributed by atoms with van der Waals surface area (Å²) in [5.41, 5.74) is 6.05. The normalized spacial score (nSPS) is 34.4. The van der Waals surface area contributed by atoms with Crippen LogP contribution >= 0.6 is 0 Å². The molecule has 0 aromatic heterocycles. The average Bonchev–Trinajstić information content (AvgIpc) is 2.71. The maximum absolute atomic E-state index is 11.4. The molecule has 0 radical (unpaired) electrons. The summed E-state index contributed by atoms with van der Waals surface area (Å²) in [5, 5.41) is 0. The molecule has 2 rings (SSSR count). The van der Waals surface area contributed by atoms with Crippen LogP contribution in [0.3, 0.4) is 0 Å². The van der Waals surface area contributed by atoms with E-state index in [1.165, 1.54) is 0 Å². The van der Waals surface area contributed by atoms with Gasteiger partial charge >= 0.3 is 0 Å². The Kier molecular flexibility index (Phi) is 2.03. The van der Waals surface area contributed by atoms with E-state index in [1.54, 1.807) is 0 Å². The zero-order valence-electron chi connectivity index (χ0n) is 8.91. The Morgan fingerprint density at radius 1 is 1.36 bits per heavy atom. The highest BCUT2D eigenvalue weighted by Crippen LogP contribution is 2.60. The Hall–Kier alpha value is -0.0900. The van der Waals surface area contributed by atoms with Crippen LogP contribution in [0.25, 0.3) is 0 Å². The molecule has 1 aliphatic heterocycles. The van der Waals surface area contributed by atoms with Crippen molar-refractivity contribution in [3.8, 4) is 0 Å². The fourth-order valence-corrected chi connectivity index (χ4v) is 4.85. The quantitative estimate of drug-likeness (QED) is 0.749. The van der Waals surface area contributed by atoms with Crippen molar-refractivity contribution in [2.24, 2.45) is 17.1 Å². The molecule has 0 bridgehead atoms. The van der Waals surface area contributed by atoms with Crippen molar-refractivity contribution in [1.29, 1.82) is 0 Å². The predicted octanol–water partition coefficient (Wildman–Crippen LogP) is 0.939. The van der Waals surface area contributed by atoms with Crippen LogP contribution in [0.2, 0.25) is 0 Å². The SMILES string of the molecule is CC(C)(N)C1(C2CCS(=O)(=O)C2)CC1. The molecule has 1 atom stereocenters. The van der Waals surface area contributed by atoms with Gasteiger partial charge in [0.2, 0.25) is 0 Å². The number of sulfone groups is 1. The van der Waals surface area contributed by atoms with Crippen molar-refractivity contribution in [2.45, 2.75) is 38.6 Å². The van der Waals surface area contributed by atoms with Crippen LogP contribution in [0.15, 0.2) is 0 Å². The van der Waals surface area contributed by atoms with Gasteiger partial charge in [-0.2, -0.15) is 0 Å². The lowest BCUT2D eigenvalue weighted by Crippen LogP contribution is -2.46. The highest BCUT2D eigenvalue weighted by Gasteiger charge is 2.59. The van der Waals surface area contributed by atoms with E-state index >= 15 is 0 Å². The lowest BCUT2D eigenvalue weighted by Gasteiger charge is -2.35. The second-order valence-electron chi connectivity index (χ2n) is 5.48. The van der Waals surface area contributed by atoms with Gasteiger partial charge in [-0.3, -0.25) is 0 Å². The molecule has 0 amide bonds. The van der Waals surface area contributed by atoms with Gasteiger partial charge in [-0.15, -0.1) is 0 Å². The molecule has 2 fully saturated rings. The monoisotopic (exact) mass is 217 g/mol. The van der Waals surface area contributed by atoms with E-state index in [0.29, 0.717) is 17.4 Å². The molecular weight excluding hydrogens is 198 g/mol. The summed E-state index contributed by atoms with van der Waals surface area (Å²) in [5.74, 6) is 1.05. The van der Waals surface area contributed by atoms with Crippen LogP contribution < -0.4 is 5.73 Å². The summed E-state index contributed by atoms with van der Waals surface area (Å²) in [4.78, 5) is 0.